The van der Waals surface area contributed by atoms with Gasteiger partial charge in [0.15, 0.2) is 11.9 Å². The summed E-state index contributed by atoms with van der Waals surface area (Å²) in [4.78, 5) is 44.7. The summed E-state index contributed by atoms with van der Waals surface area (Å²) in [7, 11) is 0. The van der Waals surface area contributed by atoms with Crippen LogP contribution in [0, 0.1) is 29.6 Å². The van der Waals surface area contributed by atoms with Crippen molar-refractivity contribution < 1.29 is 33.7 Å². The van der Waals surface area contributed by atoms with Crippen molar-refractivity contribution >= 4 is 34.6 Å². The molecule has 3 heterocycles. The van der Waals surface area contributed by atoms with Crippen LogP contribution in [0.5, 0.6) is 0 Å². The second-order valence-electron chi connectivity index (χ2n) is 13.2. The van der Waals surface area contributed by atoms with Gasteiger partial charge in [0.1, 0.15) is 17.7 Å². The fraction of sp³-hybridized carbons (Fsp3) is 0.600. The van der Waals surface area contributed by atoms with Gasteiger partial charge in [-0.1, -0.05) is 71.9 Å². The van der Waals surface area contributed by atoms with Crippen molar-refractivity contribution in [1.29, 1.82) is 0 Å². The second-order valence-corrected chi connectivity index (χ2v) is 13.2. The van der Waals surface area contributed by atoms with Gasteiger partial charge in [-0.2, -0.15) is 0 Å². The number of hydrogen-bond acceptors (Lipinski definition) is 8. The fourth-order valence-corrected chi connectivity index (χ4v) is 7.00. The molecule has 4 rings (SSSR count). The number of carbonyl (C=O) groups excluding carboxylic acids is 3. The Kier molecular flexibility index (Phi) is 10.3. The third-order valence-electron chi connectivity index (χ3n) is 10.1. The summed E-state index contributed by atoms with van der Waals surface area (Å²) in [5.74, 6) is -2.89. The highest BCUT2D eigenvalue weighted by Gasteiger charge is 2.56. The molecule has 2 aliphatic rings. The van der Waals surface area contributed by atoms with E-state index in [0.717, 1.165) is 16.5 Å². The molecule has 2 N–H and O–H groups in total. The van der Waals surface area contributed by atoms with Crippen molar-refractivity contribution in [1.82, 2.24) is 10.3 Å². The Hall–Kier alpha value is -3.14. The first kappa shape index (κ1) is 33.7. The van der Waals surface area contributed by atoms with Crippen molar-refractivity contribution in [3.8, 4) is 0 Å². The summed E-state index contributed by atoms with van der Waals surface area (Å²) in [6.07, 6.45) is 3.64. The van der Waals surface area contributed by atoms with Gasteiger partial charge >= 0.3 is 6.09 Å². The van der Waals surface area contributed by atoms with E-state index in [1.807, 2.05) is 77.2 Å². The Morgan fingerprint density at radius 1 is 1.05 bits per heavy atom. The maximum Gasteiger partial charge on any atom is 0.408 e. The molecule has 0 bridgehead atoms. The number of ether oxygens (including phenoxy) is 3. The molecule has 44 heavy (non-hydrogen) atoms. The number of ketones is 2. The fourth-order valence-electron chi connectivity index (χ4n) is 7.00. The number of nitrogens with one attached hydrogen (secondary N) is 1. The first-order chi connectivity index (χ1) is 20.7. The van der Waals surface area contributed by atoms with Crippen LogP contribution in [0.2, 0.25) is 0 Å². The Bertz CT molecular complexity index is 1390. The van der Waals surface area contributed by atoms with Crippen molar-refractivity contribution in [3.63, 3.8) is 0 Å². The lowest BCUT2D eigenvalue weighted by Crippen LogP contribution is -2.57. The maximum atomic E-state index is 13.9. The molecular formula is C35H48N2O7. The summed E-state index contributed by atoms with van der Waals surface area (Å²) in [5, 5.41) is 15.0. The Morgan fingerprint density at radius 2 is 1.75 bits per heavy atom. The van der Waals surface area contributed by atoms with Crippen LogP contribution in [0.1, 0.15) is 73.8 Å². The van der Waals surface area contributed by atoms with Gasteiger partial charge in [0.05, 0.1) is 29.7 Å². The van der Waals surface area contributed by atoms with Crippen LogP contribution in [0.4, 0.5) is 4.79 Å². The highest BCUT2D eigenvalue weighted by molar-refractivity contribution is 5.86. The smallest absolute Gasteiger partial charge is 0.408 e. The summed E-state index contributed by atoms with van der Waals surface area (Å²) in [6.45, 7) is 14.9. The number of benzene rings is 1. The number of carbonyl (C=O) groups is 3. The highest BCUT2D eigenvalue weighted by Crippen LogP contribution is 2.40. The molecule has 0 spiro atoms. The summed E-state index contributed by atoms with van der Waals surface area (Å²) in [6, 6.07) is 9.29. The average Bonchev–Trinajstić information content (AvgIpc) is 3.33. The molecule has 1 amide bonds. The first-order valence-corrected chi connectivity index (χ1v) is 15.8. The van der Waals surface area contributed by atoms with E-state index in [1.54, 1.807) is 20.8 Å². The van der Waals surface area contributed by atoms with Crippen LogP contribution in [0.15, 0.2) is 42.6 Å². The second kappa shape index (κ2) is 13.5. The van der Waals surface area contributed by atoms with E-state index in [2.05, 4.69) is 16.4 Å². The number of aliphatic hydroxyl groups is 1. The topological polar surface area (TPSA) is 124 Å². The van der Waals surface area contributed by atoms with E-state index < -0.39 is 59.4 Å². The van der Waals surface area contributed by atoms with E-state index in [4.69, 9.17) is 14.2 Å². The standard InChI is InChI=1S/C35H48N2O7/c1-9-28-35(8)31(37-33(41)44-35)22(4)29(38)20(2)18-34(7,24(6)21(3)30(39)23(5)32(40)43-28)42-16-12-13-25-17-26-14-10-11-15-27(26)36-19-25/h10-15,17,19-24,28,31-32,40H,9,16,18H2,1-8H3,(H,37,41)/b13-12+/t20-,21-,22+,23-,24-,28-,31-,32?,34-,35-/m1/s1. The van der Waals surface area contributed by atoms with Gasteiger partial charge in [0.2, 0.25) is 0 Å². The normalized spacial score (nSPS) is 37.4. The number of amides is 1. The molecule has 9 nitrogen and oxygen atoms in total. The molecule has 2 fully saturated rings. The summed E-state index contributed by atoms with van der Waals surface area (Å²) in [5.41, 5.74) is -0.229. The molecule has 240 valence electrons. The lowest BCUT2D eigenvalue weighted by Gasteiger charge is -2.43. The highest BCUT2D eigenvalue weighted by atomic mass is 16.6. The summed E-state index contributed by atoms with van der Waals surface area (Å²) >= 11 is 0. The molecular weight excluding hydrogens is 560 g/mol. The first-order valence-electron chi connectivity index (χ1n) is 15.8. The number of rotatable bonds is 5. The van der Waals surface area contributed by atoms with Crippen LogP contribution in [-0.4, -0.2) is 64.0 Å². The zero-order valence-corrected chi connectivity index (χ0v) is 27.2. The molecule has 0 aliphatic carbocycles. The number of para-hydroxylation sites is 1. The Morgan fingerprint density at radius 3 is 2.45 bits per heavy atom. The number of nitrogens with zero attached hydrogens (tertiary/aromatic N) is 1. The molecule has 2 saturated heterocycles. The third kappa shape index (κ3) is 6.75. The maximum absolute atomic E-state index is 13.9. The van der Waals surface area contributed by atoms with Gasteiger partial charge in [-0.25, -0.2) is 4.79 Å². The number of hydrogen-bond donors (Lipinski definition) is 2. The quantitative estimate of drug-likeness (QED) is 0.441. The minimum Gasteiger partial charge on any atom is -0.438 e. The number of aromatic nitrogens is 1. The van der Waals surface area contributed by atoms with Gasteiger partial charge in [-0.15, -0.1) is 0 Å². The van der Waals surface area contributed by atoms with E-state index in [1.165, 1.54) is 0 Å². The third-order valence-corrected chi connectivity index (χ3v) is 10.1. The molecule has 2 aromatic rings. The van der Waals surface area contributed by atoms with Gasteiger partial charge in [0.25, 0.3) is 0 Å². The van der Waals surface area contributed by atoms with Crippen molar-refractivity contribution in [2.24, 2.45) is 29.6 Å². The summed E-state index contributed by atoms with van der Waals surface area (Å²) < 4.78 is 18.3. The van der Waals surface area contributed by atoms with Gasteiger partial charge < -0.3 is 24.6 Å². The molecule has 1 unspecified atom stereocenters. The number of fused-ring (bicyclic) bond motifs is 2. The number of aliphatic hydroxyl groups excluding tert-OH is 1. The largest absolute Gasteiger partial charge is 0.438 e. The Balaban J connectivity index is 1.63. The van der Waals surface area contributed by atoms with Crippen molar-refractivity contribution in [2.75, 3.05) is 6.61 Å². The number of alkyl carbamates (subject to hydrolysis) is 1. The minimum absolute atomic E-state index is 0.0494. The molecule has 10 atom stereocenters. The van der Waals surface area contributed by atoms with Crippen LogP contribution in [0.25, 0.3) is 17.0 Å². The van der Waals surface area contributed by atoms with Crippen LogP contribution in [0.3, 0.4) is 0 Å². The van der Waals surface area contributed by atoms with E-state index in [0.29, 0.717) is 12.8 Å². The minimum atomic E-state index is -1.42. The number of pyridine rings is 1. The predicted molar refractivity (Wildman–Crippen MR) is 169 cm³/mol. The predicted octanol–water partition coefficient (Wildman–Crippen LogP) is 5.73. The molecule has 2 aliphatic heterocycles. The van der Waals surface area contributed by atoms with Gasteiger partial charge in [-0.05, 0) is 50.3 Å². The van der Waals surface area contributed by atoms with Crippen LogP contribution < -0.4 is 5.32 Å². The SMILES string of the molecule is CC[C@H]1OC(O)[C@H](C)C(=O)[C@H](C)[C@@H](C)[C@](C)(OC/C=C/c2cnc3ccccc3c2)C[C@@H](C)C(=O)[C@H](C)[C@H]2NC(=O)O[C@@]21C. The van der Waals surface area contributed by atoms with Gasteiger partial charge in [0, 0.05) is 29.3 Å². The lowest BCUT2D eigenvalue weighted by molar-refractivity contribution is -0.211. The van der Waals surface area contributed by atoms with E-state index >= 15 is 0 Å². The molecule has 0 saturated carbocycles. The van der Waals surface area contributed by atoms with Crippen molar-refractivity contribution in [3.05, 3.63) is 48.2 Å². The monoisotopic (exact) mass is 608 g/mol. The Labute approximate surface area is 260 Å². The lowest BCUT2D eigenvalue weighted by atomic mass is 9.70. The number of Topliss-reactive ketones (excluding diaryl/α,β-unsaturated/α-hetero) is 2. The molecule has 1 aromatic heterocycles. The molecule has 1 aromatic carbocycles. The zero-order valence-electron chi connectivity index (χ0n) is 27.2. The molecule has 9 heteroatoms. The van der Waals surface area contributed by atoms with E-state index in [9.17, 15) is 19.5 Å². The zero-order chi connectivity index (χ0) is 32.4. The molecule has 0 radical (unpaired) electrons. The van der Waals surface area contributed by atoms with E-state index in [-0.39, 0.29) is 24.1 Å². The van der Waals surface area contributed by atoms with Crippen LogP contribution >= 0.6 is 0 Å². The average molecular weight is 609 g/mol. The van der Waals surface area contributed by atoms with Crippen LogP contribution in [-0.2, 0) is 23.8 Å². The van der Waals surface area contributed by atoms with Gasteiger partial charge in [-0.3, -0.25) is 14.6 Å². The van der Waals surface area contributed by atoms with Crippen molar-refractivity contribution in [2.45, 2.75) is 97.9 Å².